The van der Waals surface area contributed by atoms with E-state index in [1.165, 1.54) is 7.11 Å². The fraction of sp³-hybridized carbons (Fsp3) is 0.692. The van der Waals surface area contributed by atoms with Crippen LogP contribution in [0, 0.1) is 0 Å². The summed E-state index contributed by atoms with van der Waals surface area (Å²) in [7, 11) is 1.36. The second kappa shape index (κ2) is 5.41. The number of carbonyl (C=O) groups excluding carboxylic acids is 1. The summed E-state index contributed by atoms with van der Waals surface area (Å²) in [5.74, 6) is 0.678. The molecule has 0 saturated heterocycles. The molecule has 1 aromatic rings. The predicted octanol–water partition coefficient (Wildman–Crippen LogP) is 1.61. The van der Waals surface area contributed by atoms with Crippen molar-refractivity contribution in [1.29, 1.82) is 0 Å². The first-order chi connectivity index (χ1) is 9.30. The minimum atomic E-state index is -1.18. The van der Waals surface area contributed by atoms with Crippen molar-refractivity contribution in [2.75, 3.05) is 13.7 Å². The van der Waals surface area contributed by atoms with Crippen molar-refractivity contribution in [2.45, 2.75) is 45.6 Å². The third kappa shape index (κ3) is 3.29. The number of hydrogen-bond donors (Lipinski definition) is 1. The van der Waals surface area contributed by atoms with Gasteiger partial charge >= 0.3 is 6.09 Å². The molecule has 1 unspecified atom stereocenters. The second-order valence-electron chi connectivity index (χ2n) is 5.66. The van der Waals surface area contributed by atoms with E-state index < -0.39 is 11.9 Å². The van der Waals surface area contributed by atoms with Gasteiger partial charge in [-0.3, -0.25) is 0 Å². The highest BCUT2D eigenvalue weighted by Gasteiger charge is 2.29. The van der Waals surface area contributed by atoms with E-state index in [2.05, 4.69) is 4.98 Å². The lowest BCUT2D eigenvalue weighted by Crippen LogP contribution is -2.39. The summed E-state index contributed by atoms with van der Waals surface area (Å²) in [4.78, 5) is 17.7. The molecule has 0 saturated carbocycles. The van der Waals surface area contributed by atoms with Crippen molar-refractivity contribution in [3.63, 3.8) is 0 Å². The van der Waals surface area contributed by atoms with E-state index in [9.17, 15) is 9.90 Å². The van der Waals surface area contributed by atoms with Crippen LogP contribution in [-0.2, 0) is 22.4 Å². The summed E-state index contributed by atoms with van der Waals surface area (Å²) < 4.78 is 15.5. The number of rotatable bonds is 2. The Kier molecular flexibility index (Phi) is 4.01. The van der Waals surface area contributed by atoms with Crippen molar-refractivity contribution in [3.05, 3.63) is 17.3 Å². The Hall–Kier alpha value is -1.60. The highest BCUT2D eigenvalue weighted by Crippen LogP contribution is 2.24. The number of amides is 1. The maximum atomic E-state index is 12.0. The predicted molar refractivity (Wildman–Crippen MR) is 68.8 cm³/mol. The van der Waals surface area contributed by atoms with E-state index in [0.717, 1.165) is 5.69 Å². The lowest BCUT2D eigenvalue weighted by molar-refractivity contribution is -0.0943. The molecule has 20 heavy (non-hydrogen) atoms. The normalized spacial score (nSPS) is 16.8. The molecule has 112 valence electrons. The number of nitrogens with zero attached hydrogens (tertiary/aromatic N) is 2. The zero-order valence-corrected chi connectivity index (χ0v) is 12.2. The third-order valence-corrected chi connectivity index (χ3v) is 2.83. The molecule has 0 spiro atoms. The number of ether oxygens (including phenoxy) is 2. The fourth-order valence-electron chi connectivity index (χ4n) is 1.90. The number of aliphatic hydroxyl groups excluding tert-OH is 1. The molecule has 2 heterocycles. The Morgan fingerprint density at radius 2 is 2.20 bits per heavy atom. The molecule has 0 fully saturated rings. The Morgan fingerprint density at radius 3 is 2.80 bits per heavy atom. The van der Waals surface area contributed by atoms with Gasteiger partial charge in [0.25, 0.3) is 5.89 Å². The van der Waals surface area contributed by atoms with Crippen LogP contribution in [0.5, 0.6) is 0 Å². The molecule has 7 nitrogen and oxygen atoms in total. The molecule has 2 rings (SSSR count). The molecule has 1 amide bonds. The summed E-state index contributed by atoms with van der Waals surface area (Å²) in [6, 6.07) is 0. The molecule has 0 aliphatic carbocycles. The average Bonchev–Trinajstić information content (AvgIpc) is 2.78. The zero-order chi connectivity index (χ0) is 14.9. The maximum Gasteiger partial charge on any atom is 0.410 e. The summed E-state index contributed by atoms with van der Waals surface area (Å²) in [5.41, 5.74) is 0.215. The van der Waals surface area contributed by atoms with Crippen LogP contribution in [0.1, 0.15) is 44.4 Å². The number of fused-ring (bicyclic) bond motifs is 1. The number of aliphatic hydroxyl groups is 1. The molecule has 0 radical (unpaired) electrons. The largest absolute Gasteiger partial charge is 0.444 e. The lowest BCUT2D eigenvalue weighted by Gasteiger charge is -2.28. The highest BCUT2D eigenvalue weighted by atomic mass is 16.6. The van der Waals surface area contributed by atoms with Gasteiger partial charge in [-0.05, 0) is 20.8 Å². The van der Waals surface area contributed by atoms with Crippen LogP contribution in [0.2, 0.25) is 0 Å². The maximum absolute atomic E-state index is 12.0. The lowest BCUT2D eigenvalue weighted by atomic mass is 10.1. The topological polar surface area (TPSA) is 85.0 Å². The van der Waals surface area contributed by atoms with Gasteiger partial charge in [-0.15, -0.1) is 0 Å². The van der Waals surface area contributed by atoms with Gasteiger partial charge in [0.2, 0.25) is 6.29 Å². The molecule has 7 heteroatoms. The minimum absolute atomic E-state index is 0.114. The van der Waals surface area contributed by atoms with Crippen LogP contribution >= 0.6 is 0 Å². The van der Waals surface area contributed by atoms with Crippen LogP contribution in [0.4, 0.5) is 4.79 Å². The summed E-state index contributed by atoms with van der Waals surface area (Å²) in [5, 5.41) is 9.52. The monoisotopic (exact) mass is 284 g/mol. The summed E-state index contributed by atoms with van der Waals surface area (Å²) in [6.07, 6.45) is -1.00. The van der Waals surface area contributed by atoms with Crippen molar-refractivity contribution < 1.29 is 23.8 Å². The Morgan fingerprint density at radius 1 is 1.50 bits per heavy atom. The van der Waals surface area contributed by atoms with Crippen LogP contribution in [0.15, 0.2) is 4.42 Å². The molecule has 1 aromatic heterocycles. The zero-order valence-electron chi connectivity index (χ0n) is 12.2. The fourth-order valence-corrected chi connectivity index (χ4v) is 1.90. The van der Waals surface area contributed by atoms with Gasteiger partial charge < -0.3 is 23.9 Å². The molecular formula is C13H20N2O5. The molecule has 1 aliphatic rings. The van der Waals surface area contributed by atoms with Crippen molar-refractivity contribution in [1.82, 2.24) is 9.88 Å². The number of oxazole rings is 1. The Balaban J connectivity index is 2.07. The van der Waals surface area contributed by atoms with E-state index in [4.69, 9.17) is 13.9 Å². The van der Waals surface area contributed by atoms with Crippen LogP contribution < -0.4 is 0 Å². The van der Waals surface area contributed by atoms with Gasteiger partial charge in [-0.1, -0.05) is 0 Å². The average molecular weight is 284 g/mol. The summed E-state index contributed by atoms with van der Waals surface area (Å²) >= 11 is 0. The number of hydrogen-bond acceptors (Lipinski definition) is 6. The van der Waals surface area contributed by atoms with Crippen LogP contribution in [0.3, 0.4) is 0 Å². The minimum Gasteiger partial charge on any atom is -0.444 e. The van der Waals surface area contributed by atoms with Crippen molar-refractivity contribution in [2.24, 2.45) is 0 Å². The number of methoxy groups -OCH3 is 1. The second-order valence-corrected chi connectivity index (χ2v) is 5.66. The molecular weight excluding hydrogens is 264 g/mol. The SMILES string of the molecule is COC(O)c1nc2c(o1)CN(C(=O)OC(C)(C)C)CC2. The van der Waals surface area contributed by atoms with Gasteiger partial charge in [0.1, 0.15) is 11.4 Å². The van der Waals surface area contributed by atoms with Gasteiger partial charge in [0, 0.05) is 20.1 Å². The smallest absolute Gasteiger partial charge is 0.410 e. The molecule has 0 aromatic carbocycles. The third-order valence-electron chi connectivity index (χ3n) is 2.83. The van der Waals surface area contributed by atoms with E-state index in [1.54, 1.807) is 4.90 Å². The number of carbonyl (C=O) groups is 1. The first-order valence-corrected chi connectivity index (χ1v) is 6.47. The standard InChI is InChI=1S/C13H20N2O5/c1-13(2,3)20-12(17)15-6-5-8-9(7-15)19-10(14-8)11(16)18-4/h11,16H,5-7H2,1-4H3. The van der Waals surface area contributed by atoms with Crippen molar-refractivity contribution >= 4 is 6.09 Å². The van der Waals surface area contributed by atoms with E-state index in [1.807, 2.05) is 20.8 Å². The van der Waals surface area contributed by atoms with Gasteiger partial charge in [0.15, 0.2) is 0 Å². The molecule has 0 bridgehead atoms. The van der Waals surface area contributed by atoms with Crippen LogP contribution in [-0.4, -0.2) is 40.3 Å². The Bertz CT molecular complexity index is 491. The van der Waals surface area contributed by atoms with Gasteiger partial charge in [-0.25, -0.2) is 9.78 Å². The highest BCUT2D eigenvalue weighted by molar-refractivity contribution is 5.68. The molecule has 1 atom stereocenters. The Labute approximate surface area is 117 Å². The van der Waals surface area contributed by atoms with E-state index >= 15 is 0 Å². The van der Waals surface area contributed by atoms with Crippen LogP contribution in [0.25, 0.3) is 0 Å². The van der Waals surface area contributed by atoms with E-state index in [-0.39, 0.29) is 18.5 Å². The first-order valence-electron chi connectivity index (χ1n) is 6.47. The first kappa shape index (κ1) is 14.8. The molecule has 1 aliphatic heterocycles. The quantitative estimate of drug-likeness (QED) is 0.830. The van der Waals surface area contributed by atoms with E-state index in [0.29, 0.717) is 18.7 Å². The van der Waals surface area contributed by atoms with Gasteiger partial charge in [0.05, 0.1) is 12.2 Å². The molecule has 1 N–H and O–H groups in total. The van der Waals surface area contributed by atoms with Crippen molar-refractivity contribution in [3.8, 4) is 0 Å². The summed E-state index contributed by atoms with van der Waals surface area (Å²) in [6.45, 7) is 6.26. The number of aromatic nitrogens is 1. The van der Waals surface area contributed by atoms with Gasteiger partial charge in [-0.2, -0.15) is 0 Å².